The van der Waals surface area contributed by atoms with Gasteiger partial charge in [0.25, 0.3) is 0 Å². The second-order valence-electron chi connectivity index (χ2n) is 9.60. The summed E-state index contributed by atoms with van der Waals surface area (Å²) in [5.74, 6) is 1.14. The van der Waals surface area contributed by atoms with E-state index >= 15 is 0 Å². The highest BCUT2D eigenvalue weighted by Gasteiger charge is 2.51. The summed E-state index contributed by atoms with van der Waals surface area (Å²) in [7, 11) is 0. The van der Waals surface area contributed by atoms with Crippen LogP contribution >= 0.6 is 0 Å². The van der Waals surface area contributed by atoms with E-state index in [0.29, 0.717) is 24.7 Å². The number of likely N-dealkylation sites (tertiary alicyclic amines) is 1. The number of carbonyl (C=O) groups excluding carboxylic acids is 1. The summed E-state index contributed by atoms with van der Waals surface area (Å²) in [5, 5.41) is 0. The summed E-state index contributed by atoms with van der Waals surface area (Å²) in [5.41, 5.74) is 4.06. The van der Waals surface area contributed by atoms with Crippen LogP contribution < -0.4 is 0 Å². The zero-order valence-corrected chi connectivity index (χ0v) is 18.2. The molecule has 5 rings (SSSR count). The number of fused-ring (bicyclic) bond motifs is 3. The first kappa shape index (κ1) is 20.2. The van der Waals surface area contributed by atoms with Crippen molar-refractivity contribution in [3.63, 3.8) is 0 Å². The van der Waals surface area contributed by atoms with Gasteiger partial charge in [-0.15, -0.1) is 0 Å². The van der Waals surface area contributed by atoms with Gasteiger partial charge in [-0.1, -0.05) is 56.3 Å². The van der Waals surface area contributed by atoms with Crippen molar-refractivity contribution in [3.05, 3.63) is 83.3 Å². The van der Waals surface area contributed by atoms with Crippen LogP contribution in [-0.2, 0) is 10.2 Å². The topological polar surface area (TPSA) is 32.7 Å². The Morgan fingerprint density at radius 3 is 2.55 bits per heavy atom. The van der Waals surface area contributed by atoms with Gasteiger partial charge in [-0.2, -0.15) is 0 Å². The Morgan fingerprint density at radius 2 is 1.81 bits per heavy atom. The second-order valence-corrected chi connectivity index (χ2v) is 9.60. The smallest absolute Gasteiger partial charge is 0.222 e. The van der Waals surface area contributed by atoms with E-state index in [2.05, 4.69) is 48.0 Å². The van der Waals surface area contributed by atoms with Crippen LogP contribution in [0.3, 0.4) is 0 Å². The fourth-order valence-corrected chi connectivity index (χ4v) is 6.12. The highest BCUT2D eigenvalue weighted by atomic mass is 19.1. The van der Waals surface area contributed by atoms with Gasteiger partial charge in [-0.05, 0) is 47.9 Å². The molecule has 2 aromatic rings. The predicted molar refractivity (Wildman–Crippen MR) is 122 cm³/mol. The van der Waals surface area contributed by atoms with Crippen LogP contribution in [0.5, 0.6) is 0 Å². The molecule has 160 valence electrons. The fourth-order valence-electron chi connectivity index (χ4n) is 6.12. The van der Waals surface area contributed by atoms with Gasteiger partial charge in [0.2, 0.25) is 5.91 Å². The summed E-state index contributed by atoms with van der Waals surface area (Å²) < 4.78 is 13.8. The summed E-state index contributed by atoms with van der Waals surface area (Å²) in [6, 6.07) is 15.2. The van der Waals surface area contributed by atoms with Crippen LogP contribution in [0.15, 0.2) is 65.8 Å². The number of rotatable bonds is 4. The molecule has 3 nitrogen and oxygen atoms in total. The van der Waals surface area contributed by atoms with Crippen molar-refractivity contribution in [2.24, 2.45) is 22.7 Å². The Bertz CT molecular complexity index is 1050. The van der Waals surface area contributed by atoms with Crippen LogP contribution in [0.25, 0.3) is 0 Å². The number of allylic oxidation sites excluding steroid dienone is 1. The normalized spacial score (nSPS) is 28.9. The molecule has 0 radical (unpaired) electrons. The van der Waals surface area contributed by atoms with E-state index in [1.165, 1.54) is 24.1 Å². The molecule has 1 saturated heterocycles. The average Bonchev–Trinajstić information content (AvgIpc) is 3.33. The van der Waals surface area contributed by atoms with E-state index in [0.717, 1.165) is 29.9 Å². The number of aliphatic imine (C=N–C) groups is 1. The molecule has 1 aliphatic carbocycles. The lowest BCUT2D eigenvalue weighted by Crippen LogP contribution is -2.43. The molecule has 0 N–H and O–H groups in total. The van der Waals surface area contributed by atoms with E-state index in [1.807, 2.05) is 24.4 Å². The lowest BCUT2D eigenvalue weighted by atomic mass is 9.66. The van der Waals surface area contributed by atoms with Crippen LogP contribution in [-0.4, -0.2) is 29.6 Å². The summed E-state index contributed by atoms with van der Waals surface area (Å²) >= 11 is 0. The van der Waals surface area contributed by atoms with Gasteiger partial charge < -0.3 is 4.90 Å². The van der Waals surface area contributed by atoms with Gasteiger partial charge in [-0.3, -0.25) is 9.79 Å². The van der Waals surface area contributed by atoms with Crippen molar-refractivity contribution in [2.45, 2.75) is 38.5 Å². The van der Waals surface area contributed by atoms with Gasteiger partial charge >= 0.3 is 0 Å². The van der Waals surface area contributed by atoms with Gasteiger partial charge in [0.05, 0.1) is 5.71 Å². The maximum absolute atomic E-state index is 13.8. The monoisotopic (exact) mass is 416 g/mol. The number of carbonyl (C=O) groups is 1. The zero-order chi connectivity index (χ0) is 21.6. The first-order chi connectivity index (χ1) is 15.0. The maximum Gasteiger partial charge on any atom is 0.222 e. The number of nitrogens with zero attached hydrogens (tertiary/aromatic N) is 2. The third-order valence-corrected chi connectivity index (χ3v) is 7.32. The van der Waals surface area contributed by atoms with Crippen molar-refractivity contribution in [3.8, 4) is 0 Å². The molecule has 0 bridgehead atoms. The quantitative estimate of drug-likeness (QED) is 0.662. The molecule has 3 aliphatic rings. The Labute approximate surface area is 183 Å². The minimum atomic E-state index is -0.404. The van der Waals surface area contributed by atoms with Crippen molar-refractivity contribution in [2.75, 3.05) is 13.1 Å². The third-order valence-electron chi connectivity index (χ3n) is 7.32. The number of benzene rings is 2. The molecule has 0 saturated carbocycles. The Hall–Kier alpha value is -2.75. The lowest BCUT2D eigenvalue weighted by molar-refractivity contribution is -0.134. The fraction of sp³-hybridized carbons (Fsp3) is 0.407. The van der Waals surface area contributed by atoms with Crippen molar-refractivity contribution in [1.82, 2.24) is 4.90 Å². The molecule has 0 spiro atoms. The highest BCUT2D eigenvalue weighted by Crippen LogP contribution is 2.53. The molecular formula is C27H29FN2O. The predicted octanol–water partition coefficient (Wildman–Crippen LogP) is 5.34. The first-order valence-electron chi connectivity index (χ1n) is 11.4. The largest absolute Gasteiger partial charge is 0.342 e. The maximum atomic E-state index is 13.8. The number of hydrogen-bond donors (Lipinski definition) is 0. The van der Waals surface area contributed by atoms with E-state index in [4.69, 9.17) is 0 Å². The average molecular weight is 417 g/mol. The lowest BCUT2D eigenvalue weighted by Gasteiger charge is -2.38. The molecule has 4 unspecified atom stereocenters. The van der Waals surface area contributed by atoms with Gasteiger partial charge in [0.15, 0.2) is 0 Å². The summed E-state index contributed by atoms with van der Waals surface area (Å²) in [4.78, 5) is 20.0. The van der Waals surface area contributed by atoms with Gasteiger partial charge in [0.1, 0.15) is 5.82 Å². The molecule has 31 heavy (non-hydrogen) atoms. The molecule has 0 aromatic heterocycles. The van der Waals surface area contributed by atoms with E-state index in [1.54, 1.807) is 0 Å². The Balaban J connectivity index is 1.52. The van der Waals surface area contributed by atoms with Crippen molar-refractivity contribution >= 4 is 11.6 Å². The van der Waals surface area contributed by atoms with Gasteiger partial charge in [0, 0.05) is 42.6 Å². The Morgan fingerprint density at radius 1 is 1.10 bits per heavy atom. The molecule has 2 aliphatic heterocycles. The molecule has 4 atom stereocenters. The van der Waals surface area contributed by atoms with Gasteiger partial charge in [-0.25, -0.2) is 4.39 Å². The number of hydrogen-bond acceptors (Lipinski definition) is 2. The van der Waals surface area contributed by atoms with Crippen LogP contribution in [0.4, 0.5) is 4.39 Å². The third kappa shape index (κ3) is 3.33. The first-order valence-corrected chi connectivity index (χ1v) is 11.4. The minimum absolute atomic E-state index is 0.0716. The van der Waals surface area contributed by atoms with Crippen LogP contribution in [0, 0.1) is 23.6 Å². The molecular weight excluding hydrogens is 387 g/mol. The SMILES string of the molecule is CC1CC(C)CN(C(=O)CCC2(c3ccc(F)cc3)c3ccccc3C3=NC=CC32)C1. The summed E-state index contributed by atoms with van der Waals surface area (Å²) in [6.07, 6.45) is 6.37. The molecule has 1 fully saturated rings. The van der Waals surface area contributed by atoms with Crippen LogP contribution in [0.1, 0.15) is 49.8 Å². The number of amides is 1. The number of halogens is 1. The van der Waals surface area contributed by atoms with E-state index in [9.17, 15) is 9.18 Å². The highest BCUT2D eigenvalue weighted by molar-refractivity contribution is 6.11. The van der Waals surface area contributed by atoms with Crippen molar-refractivity contribution in [1.29, 1.82) is 0 Å². The van der Waals surface area contributed by atoms with E-state index in [-0.39, 0.29) is 17.6 Å². The molecule has 2 aromatic carbocycles. The Kier molecular flexibility index (Phi) is 5.04. The second kappa shape index (κ2) is 7.74. The molecule has 1 amide bonds. The van der Waals surface area contributed by atoms with Crippen molar-refractivity contribution < 1.29 is 9.18 Å². The molecule has 2 heterocycles. The van der Waals surface area contributed by atoms with E-state index < -0.39 is 5.41 Å². The minimum Gasteiger partial charge on any atom is -0.342 e. The van der Waals surface area contributed by atoms with Crippen LogP contribution in [0.2, 0.25) is 0 Å². The number of piperidine rings is 1. The molecule has 4 heteroatoms. The summed E-state index contributed by atoms with van der Waals surface area (Å²) in [6.45, 7) is 6.16. The zero-order valence-electron chi connectivity index (χ0n) is 18.2. The standard InChI is InChI=1S/C27H29FN2O/c1-18-15-19(2)17-30(16-18)25(31)11-13-27(20-7-9-21(28)10-8-20)23-6-4-3-5-22(23)26-24(27)12-14-29-26/h3-10,12,14,18-19,24H,11,13,15-17H2,1-2H3.